The molecule has 0 aliphatic heterocycles. The van der Waals surface area contributed by atoms with E-state index < -0.39 is 17.7 Å². The average Bonchev–Trinajstić information content (AvgIpc) is 2.46. The van der Waals surface area contributed by atoms with Crippen LogP contribution in [0.25, 0.3) is 0 Å². The molecule has 0 saturated heterocycles. The van der Waals surface area contributed by atoms with Crippen molar-refractivity contribution in [1.82, 2.24) is 5.32 Å². The lowest BCUT2D eigenvalue weighted by molar-refractivity contribution is -0.150. The quantitative estimate of drug-likeness (QED) is 0.736. The number of esters is 1. The third kappa shape index (κ3) is 8.03. The van der Waals surface area contributed by atoms with Gasteiger partial charge in [0.1, 0.15) is 11.6 Å². The minimum absolute atomic E-state index is 0.149. The lowest BCUT2D eigenvalue weighted by Gasteiger charge is -2.21. The number of carbonyl (C=O) groups is 2. The highest BCUT2D eigenvalue weighted by Gasteiger charge is 2.20. The molecule has 140 valence electrons. The molecule has 0 heterocycles. The summed E-state index contributed by atoms with van der Waals surface area (Å²) < 4.78 is 10.5. The van der Waals surface area contributed by atoms with Gasteiger partial charge in [-0.25, -0.2) is 4.79 Å². The van der Waals surface area contributed by atoms with E-state index in [9.17, 15) is 9.59 Å². The Morgan fingerprint density at radius 1 is 1.16 bits per heavy atom. The molecule has 0 saturated carbocycles. The molecule has 0 aromatic heterocycles. The summed E-state index contributed by atoms with van der Waals surface area (Å²) in [6.45, 7) is 9.10. The summed E-state index contributed by atoms with van der Waals surface area (Å²) in [6, 6.07) is 7.10. The van der Waals surface area contributed by atoms with Gasteiger partial charge in [-0.2, -0.15) is 0 Å². The van der Waals surface area contributed by atoms with Gasteiger partial charge in [0.15, 0.2) is 0 Å². The number of nitrogens with one attached hydrogen (secondary N) is 2. The third-order valence-corrected chi connectivity index (χ3v) is 3.34. The number of carbonyl (C=O) groups excluding carboxylic acids is 2. The molecular weight excluding hydrogens is 320 g/mol. The van der Waals surface area contributed by atoms with Crippen molar-refractivity contribution in [2.24, 2.45) is 0 Å². The van der Waals surface area contributed by atoms with Gasteiger partial charge < -0.3 is 14.8 Å². The lowest BCUT2D eigenvalue weighted by Crippen LogP contribution is -2.37. The molecule has 0 aliphatic carbocycles. The van der Waals surface area contributed by atoms with Crippen LogP contribution in [-0.2, 0) is 20.7 Å². The second-order valence-electron chi connectivity index (χ2n) is 7.15. The molecule has 2 N–H and O–H groups in total. The SMILES string of the molecule is CN[C@@H](CCc1ccccc1NC(=O)OC(C)(C)C)C(=O)OC(C)C. The second kappa shape index (κ2) is 9.42. The smallest absolute Gasteiger partial charge is 0.412 e. The van der Waals surface area contributed by atoms with E-state index in [-0.39, 0.29) is 12.1 Å². The van der Waals surface area contributed by atoms with Crippen LogP contribution in [-0.4, -0.2) is 36.9 Å². The zero-order valence-corrected chi connectivity index (χ0v) is 16.0. The first-order chi connectivity index (χ1) is 11.6. The monoisotopic (exact) mass is 350 g/mol. The van der Waals surface area contributed by atoms with Gasteiger partial charge in [-0.3, -0.25) is 10.1 Å². The van der Waals surface area contributed by atoms with Crippen molar-refractivity contribution in [3.8, 4) is 0 Å². The van der Waals surface area contributed by atoms with Crippen molar-refractivity contribution in [3.05, 3.63) is 29.8 Å². The van der Waals surface area contributed by atoms with E-state index in [2.05, 4.69) is 10.6 Å². The van der Waals surface area contributed by atoms with Gasteiger partial charge in [-0.15, -0.1) is 0 Å². The Morgan fingerprint density at radius 3 is 2.36 bits per heavy atom. The van der Waals surface area contributed by atoms with Gasteiger partial charge in [0.05, 0.1) is 6.10 Å². The van der Waals surface area contributed by atoms with Crippen LogP contribution in [0.5, 0.6) is 0 Å². The van der Waals surface area contributed by atoms with Gasteiger partial charge in [0.25, 0.3) is 0 Å². The zero-order valence-electron chi connectivity index (χ0n) is 16.0. The number of anilines is 1. The topological polar surface area (TPSA) is 76.7 Å². The van der Waals surface area contributed by atoms with Gasteiger partial charge >= 0.3 is 12.1 Å². The fourth-order valence-corrected chi connectivity index (χ4v) is 2.27. The third-order valence-electron chi connectivity index (χ3n) is 3.34. The van der Waals surface area contributed by atoms with E-state index in [0.717, 1.165) is 5.56 Å². The molecular formula is C19H30N2O4. The summed E-state index contributed by atoms with van der Waals surface area (Å²) in [5, 5.41) is 5.75. The highest BCUT2D eigenvalue weighted by atomic mass is 16.6. The maximum atomic E-state index is 12.1. The minimum atomic E-state index is -0.559. The Bertz CT molecular complexity index is 579. The summed E-state index contributed by atoms with van der Waals surface area (Å²) in [4.78, 5) is 24.0. The Labute approximate surface area is 150 Å². The number of amides is 1. The van der Waals surface area contributed by atoms with Gasteiger partial charge in [0.2, 0.25) is 0 Å². The summed E-state index contributed by atoms with van der Waals surface area (Å²) in [5.74, 6) is -0.268. The Kier molecular flexibility index (Phi) is 7.90. The number of ether oxygens (including phenoxy) is 2. The molecule has 1 rings (SSSR count). The first-order valence-corrected chi connectivity index (χ1v) is 8.58. The first-order valence-electron chi connectivity index (χ1n) is 8.58. The molecule has 6 heteroatoms. The van der Waals surface area contributed by atoms with Gasteiger partial charge in [0, 0.05) is 5.69 Å². The van der Waals surface area contributed by atoms with Crippen LogP contribution in [0.3, 0.4) is 0 Å². The Morgan fingerprint density at radius 2 is 1.80 bits per heavy atom. The minimum Gasteiger partial charge on any atom is -0.462 e. The maximum Gasteiger partial charge on any atom is 0.412 e. The number of rotatable bonds is 7. The predicted molar refractivity (Wildman–Crippen MR) is 98.7 cm³/mol. The molecule has 0 unspecified atom stereocenters. The number of para-hydroxylation sites is 1. The van der Waals surface area contributed by atoms with Crippen molar-refractivity contribution in [3.63, 3.8) is 0 Å². The van der Waals surface area contributed by atoms with E-state index >= 15 is 0 Å². The zero-order chi connectivity index (χ0) is 19.0. The van der Waals surface area contributed by atoms with Gasteiger partial charge in [-0.05, 0) is 66.1 Å². The second-order valence-corrected chi connectivity index (χ2v) is 7.15. The van der Waals surface area contributed by atoms with E-state index in [1.54, 1.807) is 7.05 Å². The van der Waals surface area contributed by atoms with Crippen LogP contribution in [0.1, 0.15) is 46.6 Å². The van der Waals surface area contributed by atoms with E-state index in [1.807, 2.05) is 58.9 Å². The van der Waals surface area contributed by atoms with Crippen molar-refractivity contribution in [2.75, 3.05) is 12.4 Å². The molecule has 1 aromatic rings. The average molecular weight is 350 g/mol. The van der Waals surface area contributed by atoms with Crippen LogP contribution < -0.4 is 10.6 Å². The number of likely N-dealkylation sites (N-methyl/N-ethyl adjacent to an activating group) is 1. The largest absolute Gasteiger partial charge is 0.462 e. The summed E-state index contributed by atoms with van der Waals surface area (Å²) >= 11 is 0. The Balaban J connectivity index is 2.73. The normalized spacial score (nSPS) is 12.6. The fraction of sp³-hybridized carbons (Fsp3) is 0.579. The Hall–Kier alpha value is -2.08. The van der Waals surface area contributed by atoms with E-state index in [1.165, 1.54) is 0 Å². The van der Waals surface area contributed by atoms with Crippen LogP contribution in [0, 0.1) is 0 Å². The molecule has 1 amide bonds. The predicted octanol–water partition coefficient (Wildman–Crippen LogP) is 3.51. The molecule has 0 radical (unpaired) electrons. The van der Waals surface area contributed by atoms with Crippen LogP contribution in [0.15, 0.2) is 24.3 Å². The van der Waals surface area contributed by atoms with Crippen LogP contribution >= 0.6 is 0 Å². The molecule has 6 nitrogen and oxygen atoms in total. The molecule has 0 spiro atoms. The number of hydrogen-bond acceptors (Lipinski definition) is 5. The first kappa shape index (κ1) is 21.0. The van der Waals surface area contributed by atoms with Crippen molar-refractivity contribution in [1.29, 1.82) is 0 Å². The number of aryl methyl sites for hydroxylation is 1. The maximum absolute atomic E-state index is 12.1. The van der Waals surface area contributed by atoms with Crippen LogP contribution in [0.4, 0.5) is 10.5 Å². The molecule has 1 atom stereocenters. The molecule has 0 bridgehead atoms. The highest BCUT2D eigenvalue weighted by molar-refractivity contribution is 5.86. The van der Waals surface area contributed by atoms with Crippen molar-refractivity contribution >= 4 is 17.7 Å². The summed E-state index contributed by atoms with van der Waals surface area (Å²) in [5.41, 5.74) is 1.06. The van der Waals surface area contributed by atoms with Crippen molar-refractivity contribution in [2.45, 2.75) is 65.2 Å². The molecule has 0 aliphatic rings. The van der Waals surface area contributed by atoms with E-state index in [0.29, 0.717) is 18.5 Å². The van der Waals surface area contributed by atoms with Gasteiger partial charge in [-0.1, -0.05) is 18.2 Å². The summed E-state index contributed by atoms with van der Waals surface area (Å²) in [6.07, 6.45) is 0.536. The molecule has 0 fully saturated rings. The summed E-state index contributed by atoms with van der Waals surface area (Å²) in [7, 11) is 1.73. The number of benzene rings is 1. The number of hydrogen-bond donors (Lipinski definition) is 2. The molecule has 25 heavy (non-hydrogen) atoms. The molecule has 1 aromatic carbocycles. The van der Waals surface area contributed by atoms with Crippen LogP contribution in [0.2, 0.25) is 0 Å². The highest BCUT2D eigenvalue weighted by Crippen LogP contribution is 2.19. The van der Waals surface area contributed by atoms with E-state index in [4.69, 9.17) is 9.47 Å². The fourth-order valence-electron chi connectivity index (χ4n) is 2.27. The lowest BCUT2D eigenvalue weighted by atomic mass is 10.0. The van der Waals surface area contributed by atoms with Crippen molar-refractivity contribution < 1.29 is 19.1 Å². The standard InChI is InChI=1S/C19H30N2O4/c1-13(2)24-17(22)16(20-6)12-11-14-9-7-8-10-15(14)21-18(23)25-19(3,4)5/h7-10,13,16,20H,11-12H2,1-6H3,(H,21,23)/t16-/m0/s1.